The molecular formula is C47H75NO17. The molecule has 18 nitrogen and oxygen atoms in total. The van der Waals surface area contributed by atoms with Crippen molar-refractivity contribution in [3.05, 3.63) is 72.9 Å². The van der Waals surface area contributed by atoms with Crippen LogP contribution < -0.4 is 5.73 Å². The monoisotopic (exact) mass is 926 g/mol. The van der Waals surface area contributed by atoms with Gasteiger partial charge in [0.25, 0.3) is 0 Å². The first-order valence-corrected chi connectivity index (χ1v) is 22.6. The van der Waals surface area contributed by atoms with Gasteiger partial charge in [-0.15, -0.1) is 0 Å². The second-order valence-electron chi connectivity index (χ2n) is 17.8. The zero-order valence-corrected chi connectivity index (χ0v) is 37.8. The number of allylic oxidation sites excluding steroid dienone is 10. The van der Waals surface area contributed by atoms with E-state index in [0.29, 0.717) is 0 Å². The van der Waals surface area contributed by atoms with Crippen LogP contribution in [0, 0.1) is 17.8 Å². The Hall–Kier alpha value is -3.18. The molecule has 3 aliphatic heterocycles. The van der Waals surface area contributed by atoms with Crippen LogP contribution >= 0.6 is 0 Å². The molecule has 0 aliphatic carbocycles. The van der Waals surface area contributed by atoms with E-state index >= 15 is 0 Å². The van der Waals surface area contributed by atoms with Crippen molar-refractivity contribution in [1.29, 1.82) is 0 Å². The number of fused-ring (bicyclic) bond motifs is 2. The average molecular weight is 926 g/mol. The molecule has 65 heavy (non-hydrogen) atoms. The van der Waals surface area contributed by atoms with Crippen LogP contribution in [0.1, 0.15) is 91.9 Å². The van der Waals surface area contributed by atoms with Gasteiger partial charge in [0.2, 0.25) is 0 Å². The molecular weight excluding hydrogens is 851 g/mol. The van der Waals surface area contributed by atoms with E-state index in [1.165, 1.54) is 13.0 Å². The van der Waals surface area contributed by atoms with Crippen molar-refractivity contribution in [3.8, 4) is 0 Å². The quantitative estimate of drug-likeness (QED) is 0.175. The van der Waals surface area contributed by atoms with Gasteiger partial charge in [-0.05, 0) is 52.4 Å². The number of rotatable bonds is 3. The molecule has 0 saturated carbocycles. The minimum absolute atomic E-state index is 0.138. The van der Waals surface area contributed by atoms with Crippen molar-refractivity contribution < 1.29 is 84.7 Å². The topological polar surface area (TPSA) is 320 Å². The standard InChI is InChI=1S/C47H75NO17/c1-27-17-15-13-11-9-7-5-6-8-10-12-14-16-18-34(64-46-44(58)41(48)43(57)30(4)63-46)24-38-40(45(59)60)37(54)26-47(61,65-38)25-36(53)35(52)20-19-31(49)21-32(50)22-33(51)23-39(55)62-29(3)28(2)42(27)56/h5-6,8,10-18,27-38,40-44,46,49-54,56-58,61H,7,9,19-26,48H2,1-4H3,(H,59,60)/b6-5+,10-8+,13-11+,14-12+,17-15+,18-16+/t27?,28-,29-,30?,31?,32?,33?,34?,35?,36?,37?,38?,40?,41?,42+,43?,44?,46?,47+/m0/s1. The van der Waals surface area contributed by atoms with E-state index < -0.39 is 141 Å². The van der Waals surface area contributed by atoms with Crippen LogP contribution in [0.4, 0.5) is 0 Å². The highest BCUT2D eigenvalue weighted by Gasteiger charge is 2.51. The highest BCUT2D eigenvalue weighted by atomic mass is 16.7. The Kier molecular flexibility index (Phi) is 23.8. The van der Waals surface area contributed by atoms with Gasteiger partial charge in [0, 0.05) is 31.1 Å². The van der Waals surface area contributed by atoms with Crippen LogP contribution in [0.2, 0.25) is 0 Å². The summed E-state index contributed by atoms with van der Waals surface area (Å²) in [7, 11) is 0. The molecule has 3 aliphatic rings. The molecule has 18 heteroatoms. The third-order valence-electron chi connectivity index (χ3n) is 12.2. The minimum atomic E-state index is -2.35. The lowest BCUT2D eigenvalue weighted by atomic mass is 9.82. The molecule has 0 amide bonds. The van der Waals surface area contributed by atoms with Gasteiger partial charge in [0.1, 0.15) is 18.1 Å². The number of aliphatic hydroxyl groups excluding tert-OH is 9. The first kappa shape index (κ1) is 56.1. The van der Waals surface area contributed by atoms with Crippen LogP contribution in [0.3, 0.4) is 0 Å². The summed E-state index contributed by atoms with van der Waals surface area (Å²) in [5.74, 6) is -6.82. The fourth-order valence-corrected chi connectivity index (χ4v) is 8.11. The van der Waals surface area contributed by atoms with Crippen molar-refractivity contribution in [2.45, 2.75) is 189 Å². The van der Waals surface area contributed by atoms with Gasteiger partial charge in [-0.3, -0.25) is 9.59 Å². The first-order chi connectivity index (χ1) is 30.6. The molecule has 15 unspecified atom stereocenters. The Morgan fingerprint density at radius 2 is 1.28 bits per heavy atom. The smallest absolute Gasteiger partial charge is 0.311 e. The van der Waals surface area contributed by atoms with Gasteiger partial charge in [-0.25, -0.2) is 0 Å². The molecule has 0 aromatic heterocycles. The van der Waals surface area contributed by atoms with Crippen LogP contribution in [-0.2, 0) is 28.5 Å². The summed E-state index contributed by atoms with van der Waals surface area (Å²) in [4.78, 5) is 25.1. The van der Waals surface area contributed by atoms with Crippen molar-refractivity contribution in [2.75, 3.05) is 0 Å². The maximum absolute atomic E-state index is 12.6. The minimum Gasteiger partial charge on any atom is -0.481 e. The molecule has 0 aromatic carbocycles. The number of aliphatic carboxylic acids is 1. The summed E-state index contributed by atoms with van der Waals surface area (Å²) < 4.78 is 23.2. The van der Waals surface area contributed by atoms with E-state index in [2.05, 4.69) is 0 Å². The van der Waals surface area contributed by atoms with E-state index in [-0.39, 0.29) is 38.0 Å². The zero-order valence-electron chi connectivity index (χ0n) is 37.8. The number of cyclic esters (lactones) is 1. The average Bonchev–Trinajstić information content (AvgIpc) is 3.21. The molecule has 0 radical (unpaired) electrons. The molecule has 0 spiro atoms. The van der Waals surface area contributed by atoms with Crippen molar-refractivity contribution >= 4 is 11.9 Å². The van der Waals surface area contributed by atoms with Gasteiger partial charge in [-0.1, -0.05) is 86.8 Å². The second-order valence-corrected chi connectivity index (χ2v) is 17.8. The van der Waals surface area contributed by atoms with E-state index in [9.17, 15) is 65.8 Å². The van der Waals surface area contributed by atoms with Gasteiger partial charge in [0.15, 0.2) is 12.1 Å². The highest BCUT2D eigenvalue weighted by Crippen LogP contribution is 2.38. The number of carboxylic acid groups (broad SMARTS) is 1. The molecule has 2 saturated heterocycles. The highest BCUT2D eigenvalue weighted by molar-refractivity contribution is 5.71. The number of carbonyl (C=O) groups is 2. The number of hydrogen-bond donors (Lipinski definition) is 12. The van der Waals surface area contributed by atoms with Gasteiger partial charge in [0.05, 0.1) is 79.6 Å². The first-order valence-electron chi connectivity index (χ1n) is 22.6. The number of esters is 1. The van der Waals surface area contributed by atoms with E-state index in [0.717, 1.165) is 12.8 Å². The maximum Gasteiger partial charge on any atom is 0.311 e. The summed E-state index contributed by atoms with van der Waals surface area (Å²) in [6.07, 6.45) is 2.28. The number of aliphatic hydroxyl groups is 10. The fourth-order valence-electron chi connectivity index (χ4n) is 8.11. The predicted octanol–water partition coefficient (Wildman–Crippen LogP) is 0.936. The van der Waals surface area contributed by atoms with Crippen LogP contribution in [-0.4, -0.2) is 166 Å². The Labute approximate surface area is 381 Å². The Morgan fingerprint density at radius 1 is 0.692 bits per heavy atom. The Morgan fingerprint density at radius 3 is 1.94 bits per heavy atom. The molecule has 3 rings (SSSR count). The SMILES string of the molecule is CC1OC(OC2/C=C/C=C/C=C/C=C/CC/C=C/C=C/C(C)[C@@H](O)[C@@H](C)[C@H](C)OC(=O)CC(O)CC(O)CC(O)CCC(O)C(O)C[C@]3(O)CC(O)C(C(=O)O)C(C2)O3)C(O)C(N)C1O. The lowest BCUT2D eigenvalue weighted by molar-refractivity contribution is -0.310. The molecule has 13 N–H and O–H groups in total. The number of ether oxygens (including phenoxy) is 4. The lowest BCUT2D eigenvalue weighted by Gasteiger charge is -2.45. The summed E-state index contributed by atoms with van der Waals surface area (Å²) in [6.45, 7) is 6.78. The summed E-state index contributed by atoms with van der Waals surface area (Å²) in [6, 6.07) is -1.14. The lowest BCUT2D eigenvalue weighted by Crippen LogP contribution is -2.61. The molecule has 370 valence electrons. The molecule has 19 atom stereocenters. The Bertz CT molecular complexity index is 1620. The molecule has 3 heterocycles. The molecule has 0 aromatic rings. The van der Waals surface area contributed by atoms with Crippen molar-refractivity contribution in [3.63, 3.8) is 0 Å². The van der Waals surface area contributed by atoms with E-state index in [1.807, 2.05) is 49.5 Å². The zero-order chi connectivity index (χ0) is 48.4. The van der Waals surface area contributed by atoms with Crippen LogP contribution in [0.5, 0.6) is 0 Å². The summed E-state index contributed by atoms with van der Waals surface area (Å²) >= 11 is 0. The third-order valence-corrected chi connectivity index (χ3v) is 12.2. The number of carbonyl (C=O) groups excluding carboxylic acids is 1. The maximum atomic E-state index is 12.6. The van der Waals surface area contributed by atoms with E-state index in [1.54, 1.807) is 38.2 Å². The second kappa shape index (κ2) is 27.6. The Balaban J connectivity index is 1.84. The number of nitrogens with two attached hydrogens (primary N) is 1. The molecule has 2 fully saturated rings. The van der Waals surface area contributed by atoms with Crippen LogP contribution in [0.25, 0.3) is 0 Å². The van der Waals surface area contributed by atoms with E-state index in [4.69, 9.17) is 24.7 Å². The third kappa shape index (κ3) is 18.8. The van der Waals surface area contributed by atoms with Crippen molar-refractivity contribution in [1.82, 2.24) is 0 Å². The number of hydrogen-bond acceptors (Lipinski definition) is 17. The van der Waals surface area contributed by atoms with Gasteiger partial charge in [-0.2, -0.15) is 0 Å². The number of carboxylic acids is 1. The summed E-state index contributed by atoms with van der Waals surface area (Å²) in [5, 5.41) is 118. The van der Waals surface area contributed by atoms with Gasteiger partial charge >= 0.3 is 11.9 Å². The predicted molar refractivity (Wildman–Crippen MR) is 237 cm³/mol. The molecule has 2 bridgehead atoms. The van der Waals surface area contributed by atoms with Crippen molar-refractivity contribution in [2.24, 2.45) is 23.5 Å². The largest absolute Gasteiger partial charge is 0.481 e. The van der Waals surface area contributed by atoms with Gasteiger partial charge < -0.3 is 80.9 Å². The fraction of sp³-hybridized carbons (Fsp3) is 0.702. The summed E-state index contributed by atoms with van der Waals surface area (Å²) in [5.41, 5.74) is 6.02. The van der Waals surface area contributed by atoms with Crippen LogP contribution in [0.15, 0.2) is 72.9 Å². The normalized spacial score (nSPS) is 45.2.